The monoisotopic (exact) mass is 437 g/mol. The third-order valence-corrected chi connectivity index (χ3v) is 6.04. The maximum absolute atomic E-state index is 15.3. The van der Waals surface area contributed by atoms with Crippen LogP contribution in [-0.2, 0) is 19.4 Å². The SMILES string of the molecule is COc1ccc(-c2c(O)c(OC)cc3c2CN(C(F)Cc2ccccc2)CC3)c(OC)c1. The predicted octanol–water partition coefficient (Wildman–Crippen LogP) is 4.98. The van der Waals surface area contributed by atoms with E-state index in [4.69, 9.17) is 14.2 Å². The van der Waals surface area contributed by atoms with E-state index < -0.39 is 6.30 Å². The molecule has 4 rings (SSSR count). The molecule has 32 heavy (non-hydrogen) atoms. The Labute approximate surface area is 188 Å². The average molecular weight is 438 g/mol. The third-order valence-electron chi connectivity index (χ3n) is 6.04. The molecule has 5 nitrogen and oxygen atoms in total. The van der Waals surface area contributed by atoms with Gasteiger partial charge in [0, 0.05) is 36.7 Å². The molecule has 0 saturated heterocycles. The highest BCUT2D eigenvalue weighted by molar-refractivity contribution is 5.82. The van der Waals surface area contributed by atoms with Crippen molar-refractivity contribution in [1.82, 2.24) is 4.90 Å². The van der Waals surface area contributed by atoms with Gasteiger partial charge in [0.15, 0.2) is 17.8 Å². The summed E-state index contributed by atoms with van der Waals surface area (Å²) in [5.41, 5.74) is 4.20. The van der Waals surface area contributed by atoms with Gasteiger partial charge in [-0.25, -0.2) is 4.39 Å². The zero-order valence-electron chi connectivity index (χ0n) is 18.6. The Hall–Kier alpha value is -3.25. The molecule has 0 radical (unpaired) electrons. The molecule has 0 aliphatic carbocycles. The molecule has 3 aromatic rings. The summed E-state index contributed by atoms with van der Waals surface area (Å²) in [6, 6.07) is 16.9. The molecule has 0 saturated carbocycles. The lowest BCUT2D eigenvalue weighted by molar-refractivity contribution is 0.0699. The lowest BCUT2D eigenvalue weighted by Crippen LogP contribution is -2.38. The van der Waals surface area contributed by atoms with Gasteiger partial charge in [-0.15, -0.1) is 0 Å². The number of hydrogen-bond acceptors (Lipinski definition) is 5. The van der Waals surface area contributed by atoms with Crippen molar-refractivity contribution in [3.05, 3.63) is 71.3 Å². The Kier molecular flexibility index (Phi) is 6.51. The molecule has 1 unspecified atom stereocenters. The molecule has 1 N–H and O–H groups in total. The largest absolute Gasteiger partial charge is 0.504 e. The lowest BCUT2D eigenvalue weighted by Gasteiger charge is -2.33. The fourth-order valence-corrected chi connectivity index (χ4v) is 4.32. The Morgan fingerprint density at radius 2 is 1.72 bits per heavy atom. The van der Waals surface area contributed by atoms with Crippen molar-refractivity contribution in [3.63, 3.8) is 0 Å². The van der Waals surface area contributed by atoms with Crippen LogP contribution in [0.25, 0.3) is 11.1 Å². The quantitative estimate of drug-likeness (QED) is 0.528. The van der Waals surface area contributed by atoms with E-state index >= 15 is 4.39 Å². The van der Waals surface area contributed by atoms with E-state index in [0.717, 1.165) is 16.7 Å². The molecular weight excluding hydrogens is 409 g/mol. The Morgan fingerprint density at radius 1 is 0.969 bits per heavy atom. The van der Waals surface area contributed by atoms with Gasteiger partial charge in [-0.3, -0.25) is 4.90 Å². The van der Waals surface area contributed by atoms with E-state index in [1.54, 1.807) is 20.3 Å². The first-order valence-electron chi connectivity index (χ1n) is 10.6. The van der Waals surface area contributed by atoms with Crippen LogP contribution in [0.3, 0.4) is 0 Å². The van der Waals surface area contributed by atoms with Gasteiger partial charge >= 0.3 is 0 Å². The normalized spacial score (nSPS) is 14.5. The maximum Gasteiger partial charge on any atom is 0.166 e. The highest BCUT2D eigenvalue weighted by atomic mass is 19.1. The van der Waals surface area contributed by atoms with Gasteiger partial charge in [0.1, 0.15) is 11.5 Å². The van der Waals surface area contributed by atoms with Gasteiger partial charge in [-0.05, 0) is 41.3 Å². The molecule has 0 fully saturated rings. The number of alkyl halides is 1. The minimum atomic E-state index is -1.12. The summed E-state index contributed by atoms with van der Waals surface area (Å²) in [7, 11) is 4.69. The molecule has 1 atom stereocenters. The Balaban J connectivity index is 1.75. The van der Waals surface area contributed by atoms with Crippen LogP contribution < -0.4 is 14.2 Å². The van der Waals surface area contributed by atoms with Crippen LogP contribution in [0.5, 0.6) is 23.0 Å². The molecule has 1 aliphatic heterocycles. The van der Waals surface area contributed by atoms with E-state index in [9.17, 15) is 5.11 Å². The number of aromatic hydroxyl groups is 1. The lowest BCUT2D eigenvalue weighted by atomic mass is 9.89. The second-order valence-electron chi connectivity index (χ2n) is 7.85. The molecule has 0 bridgehead atoms. The zero-order valence-corrected chi connectivity index (χ0v) is 18.6. The van der Waals surface area contributed by atoms with E-state index in [2.05, 4.69) is 0 Å². The topological polar surface area (TPSA) is 51.2 Å². The molecule has 1 aliphatic rings. The highest BCUT2D eigenvalue weighted by Crippen LogP contribution is 2.47. The van der Waals surface area contributed by atoms with Crippen LogP contribution >= 0.6 is 0 Å². The van der Waals surface area contributed by atoms with Crippen LogP contribution in [0.15, 0.2) is 54.6 Å². The maximum atomic E-state index is 15.3. The molecule has 0 spiro atoms. The van der Waals surface area contributed by atoms with Gasteiger partial charge in [-0.2, -0.15) is 0 Å². The van der Waals surface area contributed by atoms with Gasteiger partial charge in [0.25, 0.3) is 0 Å². The smallest absolute Gasteiger partial charge is 0.166 e. The van der Waals surface area contributed by atoms with Crippen molar-refractivity contribution in [3.8, 4) is 34.1 Å². The molecule has 168 valence electrons. The van der Waals surface area contributed by atoms with Crippen LogP contribution in [0, 0.1) is 0 Å². The summed E-state index contributed by atoms with van der Waals surface area (Å²) in [4.78, 5) is 1.82. The van der Waals surface area contributed by atoms with Crippen LogP contribution in [0.4, 0.5) is 4.39 Å². The van der Waals surface area contributed by atoms with Crippen molar-refractivity contribution < 1.29 is 23.7 Å². The first-order valence-corrected chi connectivity index (χ1v) is 10.6. The number of phenols is 1. The van der Waals surface area contributed by atoms with Crippen molar-refractivity contribution in [1.29, 1.82) is 0 Å². The standard InChI is InChI=1S/C26H28FNO4/c1-30-19-9-10-20(22(15-19)31-2)25-21-16-28(24(27)13-17-7-5-4-6-8-17)12-11-18(21)14-23(32-3)26(25)29/h4-10,14-15,24,29H,11-13,16H2,1-3H3. The number of methoxy groups -OCH3 is 3. The molecule has 1 heterocycles. The van der Waals surface area contributed by atoms with Crippen LogP contribution in [0.1, 0.15) is 16.7 Å². The average Bonchev–Trinajstić information content (AvgIpc) is 2.83. The third kappa shape index (κ3) is 4.23. The Morgan fingerprint density at radius 3 is 2.41 bits per heavy atom. The fourth-order valence-electron chi connectivity index (χ4n) is 4.32. The van der Waals surface area contributed by atoms with Crippen LogP contribution in [0.2, 0.25) is 0 Å². The summed E-state index contributed by atoms with van der Waals surface area (Å²) in [6.07, 6.45) is -0.146. The van der Waals surface area contributed by atoms with Crippen molar-refractivity contribution in [2.45, 2.75) is 25.7 Å². The van der Waals surface area contributed by atoms with Crippen molar-refractivity contribution in [2.75, 3.05) is 27.9 Å². The molecule has 3 aromatic carbocycles. The summed E-state index contributed by atoms with van der Waals surface area (Å²) >= 11 is 0. The second-order valence-corrected chi connectivity index (χ2v) is 7.85. The second kappa shape index (κ2) is 9.49. The number of fused-ring (bicyclic) bond motifs is 1. The van der Waals surface area contributed by atoms with E-state index in [1.165, 1.54) is 7.11 Å². The number of nitrogens with zero attached hydrogens (tertiary/aromatic N) is 1. The number of phenolic OH excluding ortho intramolecular Hbond substituents is 1. The molecular formula is C26H28FNO4. The number of ether oxygens (including phenoxy) is 3. The molecule has 0 amide bonds. The van der Waals surface area contributed by atoms with Gasteiger partial charge in [0.05, 0.1) is 21.3 Å². The van der Waals surface area contributed by atoms with E-state index in [-0.39, 0.29) is 5.75 Å². The van der Waals surface area contributed by atoms with Crippen molar-refractivity contribution in [2.24, 2.45) is 0 Å². The molecule has 6 heteroatoms. The van der Waals surface area contributed by atoms with Gasteiger partial charge < -0.3 is 19.3 Å². The van der Waals surface area contributed by atoms with Crippen LogP contribution in [-0.4, -0.2) is 44.2 Å². The Bertz CT molecular complexity index is 1090. The minimum absolute atomic E-state index is 0.0232. The van der Waals surface area contributed by atoms with E-state index in [0.29, 0.717) is 54.3 Å². The summed E-state index contributed by atoms with van der Waals surface area (Å²) < 4.78 is 31.6. The first kappa shape index (κ1) is 22.0. The minimum Gasteiger partial charge on any atom is -0.504 e. The summed E-state index contributed by atoms with van der Waals surface area (Å²) in [6.45, 7) is 0.972. The number of halogens is 1. The highest BCUT2D eigenvalue weighted by Gasteiger charge is 2.29. The fraction of sp³-hybridized carbons (Fsp3) is 0.308. The first-order chi connectivity index (χ1) is 15.5. The van der Waals surface area contributed by atoms with Gasteiger partial charge in [-0.1, -0.05) is 30.3 Å². The number of hydrogen-bond donors (Lipinski definition) is 1. The van der Waals surface area contributed by atoms with Crippen molar-refractivity contribution >= 4 is 0 Å². The number of rotatable bonds is 7. The summed E-state index contributed by atoms with van der Waals surface area (Å²) in [5, 5.41) is 11.1. The zero-order chi connectivity index (χ0) is 22.7. The predicted molar refractivity (Wildman–Crippen MR) is 122 cm³/mol. The number of benzene rings is 3. The summed E-state index contributed by atoms with van der Waals surface area (Å²) in [5.74, 6) is 1.63. The van der Waals surface area contributed by atoms with E-state index in [1.807, 2.05) is 53.4 Å². The molecule has 0 aromatic heterocycles. The van der Waals surface area contributed by atoms with Gasteiger partial charge in [0.2, 0.25) is 0 Å².